The number of hydrogen-bond acceptors (Lipinski definition) is 3. The Morgan fingerprint density at radius 1 is 1.37 bits per heavy atom. The highest BCUT2D eigenvalue weighted by Crippen LogP contribution is 2.05. The largest absolute Gasteiger partial charge is 0.477 e. The lowest BCUT2D eigenvalue weighted by Gasteiger charge is -2.20. The summed E-state index contributed by atoms with van der Waals surface area (Å²) in [7, 11) is 0. The molecule has 19 heavy (non-hydrogen) atoms. The molecule has 0 bridgehead atoms. The number of carbonyl (C=O) groups is 3. The first kappa shape index (κ1) is 13.1. The van der Waals surface area contributed by atoms with Gasteiger partial charge in [0.2, 0.25) is 11.8 Å². The first-order valence-electron chi connectivity index (χ1n) is 6.01. The van der Waals surface area contributed by atoms with Crippen LogP contribution in [0.2, 0.25) is 0 Å². The molecule has 7 heteroatoms. The Morgan fingerprint density at radius 2 is 2.16 bits per heavy atom. The van der Waals surface area contributed by atoms with Crippen molar-refractivity contribution in [3.63, 3.8) is 0 Å². The first-order chi connectivity index (χ1) is 9.08. The Kier molecular flexibility index (Phi) is 3.84. The van der Waals surface area contributed by atoms with Crippen LogP contribution in [0, 0.1) is 0 Å². The molecular weight excluding hydrogens is 250 g/mol. The van der Waals surface area contributed by atoms with E-state index in [0.717, 1.165) is 0 Å². The molecule has 1 fully saturated rings. The zero-order valence-electron chi connectivity index (χ0n) is 10.3. The van der Waals surface area contributed by atoms with E-state index in [1.165, 1.54) is 10.6 Å². The Labute approximate surface area is 109 Å². The van der Waals surface area contributed by atoms with Gasteiger partial charge in [0, 0.05) is 32.3 Å². The first-order valence-corrected chi connectivity index (χ1v) is 6.01. The monoisotopic (exact) mass is 265 g/mol. The molecule has 2 amide bonds. The molecule has 0 saturated carbocycles. The van der Waals surface area contributed by atoms with Gasteiger partial charge in [0.25, 0.3) is 0 Å². The molecule has 2 rings (SSSR count). The fourth-order valence-electron chi connectivity index (χ4n) is 2.01. The predicted molar refractivity (Wildman–Crippen MR) is 65.6 cm³/mol. The third-order valence-electron chi connectivity index (χ3n) is 3.02. The second-order valence-corrected chi connectivity index (χ2v) is 4.31. The molecule has 0 aliphatic carbocycles. The van der Waals surface area contributed by atoms with E-state index < -0.39 is 5.97 Å². The van der Waals surface area contributed by atoms with Gasteiger partial charge in [-0.3, -0.25) is 9.59 Å². The van der Waals surface area contributed by atoms with Gasteiger partial charge >= 0.3 is 5.97 Å². The van der Waals surface area contributed by atoms with E-state index >= 15 is 0 Å². The van der Waals surface area contributed by atoms with Crippen molar-refractivity contribution in [1.29, 1.82) is 0 Å². The van der Waals surface area contributed by atoms with Gasteiger partial charge in [-0.05, 0) is 12.1 Å². The Balaban J connectivity index is 2.02. The Hall–Kier alpha value is -2.31. The zero-order chi connectivity index (χ0) is 13.8. The van der Waals surface area contributed by atoms with E-state index in [9.17, 15) is 14.4 Å². The fraction of sp³-hybridized carbons (Fsp3) is 0.417. The molecule has 0 spiro atoms. The number of carboxylic acid groups (broad SMARTS) is 1. The molecule has 0 aromatic carbocycles. The molecule has 7 nitrogen and oxygen atoms in total. The maximum absolute atomic E-state index is 12.1. The number of carbonyl (C=O) groups excluding carboxylic acids is 2. The third kappa shape index (κ3) is 3.12. The number of nitrogens with one attached hydrogen (secondary N) is 1. The number of hydrogen-bond donors (Lipinski definition) is 2. The average Bonchev–Trinajstić information content (AvgIpc) is 2.70. The maximum Gasteiger partial charge on any atom is 0.352 e. The van der Waals surface area contributed by atoms with Crippen molar-refractivity contribution in [2.75, 3.05) is 19.6 Å². The van der Waals surface area contributed by atoms with Crippen LogP contribution in [0.1, 0.15) is 16.9 Å². The highest BCUT2D eigenvalue weighted by atomic mass is 16.4. The van der Waals surface area contributed by atoms with Crippen molar-refractivity contribution in [1.82, 2.24) is 14.8 Å². The molecule has 0 unspecified atom stereocenters. The molecule has 102 valence electrons. The SMILES string of the molecule is O=C1CCN(C(=O)Cn2cccc2C(=O)O)CCN1. The van der Waals surface area contributed by atoms with E-state index in [0.29, 0.717) is 19.6 Å². The van der Waals surface area contributed by atoms with Crippen LogP contribution in [-0.2, 0) is 16.1 Å². The number of aromatic carboxylic acids is 1. The summed E-state index contributed by atoms with van der Waals surface area (Å²) in [6.45, 7) is 1.23. The standard InChI is InChI=1S/C12H15N3O4/c16-10-3-6-14(7-4-13-10)11(17)8-15-5-1-2-9(15)12(18)19/h1-2,5H,3-4,6-8H2,(H,13,16)(H,18,19). The number of nitrogens with zero attached hydrogens (tertiary/aromatic N) is 2. The van der Waals surface area contributed by atoms with Gasteiger partial charge in [-0.2, -0.15) is 0 Å². The summed E-state index contributed by atoms with van der Waals surface area (Å²) < 4.78 is 1.39. The van der Waals surface area contributed by atoms with Crippen LogP contribution in [-0.4, -0.2) is 52.0 Å². The second kappa shape index (κ2) is 5.55. The van der Waals surface area contributed by atoms with Crippen LogP contribution in [0.25, 0.3) is 0 Å². The summed E-state index contributed by atoms with van der Waals surface area (Å²) in [5.74, 6) is -1.32. The van der Waals surface area contributed by atoms with Crippen LogP contribution < -0.4 is 5.32 Å². The third-order valence-corrected chi connectivity index (χ3v) is 3.02. The van der Waals surface area contributed by atoms with Gasteiger partial charge in [-0.1, -0.05) is 0 Å². The van der Waals surface area contributed by atoms with Crippen molar-refractivity contribution < 1.29 is 19.5 Å². The minimum Gasteiger partial charge on any atom is -0.477 e. The summed E-state index contributed by atoms with van der Waals surface area (Å²) in [5, 5.41) is 11.6. The quantitative estimate of drug-likeness (QED) is 0.773. The van der Waals surface area contributed by atoms with Crippen LogP contribution in [0.3, 0.4) is 0 Å². The number of rotatable bonds is 3. The van der Waals surface area contributed by atoms with E-state index in [1.807, 2.05) is 0 Å². The highest BCUT2D eigenvalue weighted by molar-refractivity contribution is 5.87. The molecule has 1 aliphatic rings. The molecule has 2 N–H and O–H groups in total. The van der Waals surface area contributed by atoms with Crippen LogP contribution in [0.4, 0.5) is 0 Å². The zero-order valence-corrected chi connectivity index (χ0v) is 10.3. The smallest absolute Gasteiger partial charge is 0.352 e. The number of amides is 2. The van der Waals surface area contributed by atoms with Crippen molar-refractivity contribution in [2.45, 2.75) is 13.0 Å². The summed E-state index contributed by atoms with van der Waals surface area (Å²) in [4.78, 5) is 35.8. The minimum absolute atomic E-state index is 0.0250. The van der Waals surface area contributed by atoms with E-state index in [2.05, 4.69) is 5.32 Å². The van der Waals surface area contributed by atoms with Crippen molar-refractivity contribution in [2.24, 2.45) is 0 Å². The van der Waals surface area contributed by atoms with Gasteiger partial charge in [-0.25, -0.2) is 4.79 Å². The topological polar surface area (TPSA) is 91.6 Å². The Bertz CT molecular complexity index is 509. The number of carboxylic acids is 1. The lowest BCUT2D eigenvalue weighted by atomic mass is 10.3. The number of aromatic nitrogens is 1. The van der Waals surface area contributed by atoms with Crippen molar-refractivity contribution >= 4 is 17.8 Å². The minimum atomic E-state index is -1.06. The fourth-order valence-corrected chi connectivity index (χ4v) is 2.01. The lowest BCUT2D eigenvalue weighted by Crippen LogP contribution is -2.36. The molecule has 1 aliphatic heterocycles. The van der Waals surface area contributed by atoms with E-state index in [4.69, 9.17) is 5.11 Å². The molecule has 1 saturated heterocycles. The van der Waals surface area contributed by atoms with Gasteiger partial charge in [0.05, 0.1) is 0 Å². The van der Waals surface area contributed by atoms with Gasteiger partial charge < -0.3 is 19.9 Å². The lowest BCUT2D eigenvalue weighted by molar-refractivity contribution is -0.131. The molecular formula is C12H15N3O4. The summed E-state index contributed by atoms with van der Waals surface area (Å²) >= 11 is 0. The maximum atomic E-state index is 12.1. The molecule has 2 heterocycles. The molecule has 0 atom stereocenters. The van der Waals surface area contributed by atoms with E-state index in [1.54, 1.807) is 17.2 Å². The van der Waals surface area contributed by atoms with Gasteiger partial charge in [-0.15, -0.1) is 0 Å². The van der Waals surface area contributed by atoms with Crippen molar-refractivity contribution in [3.8, 4) is 0 Å². The van der Waals surface area contributed by atoms with Crippen LogP contribution >= 0.6 is 0 Å². The normalized spacial score (nSPS) is 15.8. The Morgan fingerprint density at radius 3 is 2.89 bits per heavy atom. The van der Waals surface area contributed by atoms with Crippen LogP contribution in [0.15, 0.2) is 18.3 Å². The summed E-state index contributed by atoms with van der Waals surface area (Å²) in [6, 6.07) is 3.04. The van der Waals surface area contributed by atoms with Crippen LogP contribution in [0.5, 0.6) is 0 Å². The second-order valence-electron chi connectivity index (χ2n) is 4.31. The van der Waals surface area contributed by atoms with Gasteiger partial charge in [0.15, 0.2) is 0 Å². The van der Waals surface area contributed by atoms with E-state index in [-0.39, 0.29) is 30.5 Å². The summed E-state index contributed by atoms with van der Waals surface area (Å²) in [5.41, 5.74) is 0.0809. The predicted octanol–water partition coefficient (Wildman–Crippen LogP) is -0.465. The molecule has 0 radical (unpaired) electrons. The highest BCUT2D eigenvalue weighted by Gasteiger charge is 2.20. The average molecular weight is 265 g/mol. The molecule has 1 aromatic heterocycles. The van der Waals surface area contributed by atoms with Crippen molar-refractivity contribution in [3.05, 3.63) is 24.0 Å². The summed E-state index contributed by atoms with van der Waals surface area (Å²) in [6.07, 6.45) is 1.84. The van der Waals surface area contributed by atoms with Gasteiger partial charge in [0.1, 0.15) is 12.2 Å². The molecule has 1 aromatic rings.